The molecule has 2 heterocycles. The molecule has 0 spiro atoms. The summed E-state index contributed by atoms with van der Waals surface area (Å²) in [5.41, 5.74) is 1.13. The van der Waals surface area contributed by atoms with Gasteiger partial charge in [0.1, 0.15) is 18.3 Å². The maximum Gasteiger partial charge on any atom is 0.199 e. The topological polar surface area (TPSA) is 80.0 Å². The number of anilines is 1. The van der Waals surface area contributed by atoms with E-state index < -0.39 is 30.0 Å². The van der Waals surface area contributed by atoms with Crippen molar-refractivity contribution in [2.75, 3.05) is 5.32 Å². The van der Waals surface area contributed by atoms with Gasteiger partial charge in [-0.3, -0.25) is 4.79 Å². The number of nitrogens with zero attached hydrogens (tertiary/aromatic N) is 3. The minimum Gasteiger partial charge on any atom is -0.390 e. The first-order valence-electron chi connectivity index (χ1n) is 9.87. The highest BCUT2D eigenvalue weighted by molar-refractivity contribution is 9.10. The van der Waals surface area contributed by atoms with E-state index in [4.69, 9.17) is 0 Å². The predicted octanol–water partition coefficient (Wildman–Crippen LogP) is 3.98. The van der Waals surface area contributed by atoms with Gasteiger partial charge in [0.25, 0.3) is 0 Å². The summed E-state index contributed by atoms with van der Waals surface area (Å²) in [7, 11) is 0. The highest BCUT2D eigenvalue weighted by atomic mass is 79.9. The van der Waals surface area contributed by atoms with Gasteiger partial charge >= 0.3 is 0 Å². The number of hydrogen-bond donors (Lipinski definition) is 2. The molecule has 0 aliphatic heterocycles. The lowest BCUT2D eigenvalue weighted by Gasteiger charge is -2.18. The average molecular weight is 491 g/mol. The quantitative estimate of drug-likeness (QED) is 0.510. The average Bonchev–Trinajstić information content (AvgIpc) is 3.22. The highest BCUT2D eigenvalue weighted by Gasteiger charge is 2.41. The molecule has 1 aliphatic carbocycles. The highest BCUT2D eigenvalue weighted by Crippen LogP contribution is 2.31. The van der Waals surface area contributed by atoms with Gasteiger partial charge < -0.3 is 15.0 Å². The number of aromatic nitrogens is 3. The van der Waals surface area contributed by atoms with Gasteiger partial charge in [-0.1, -0.05) is 35.0 Å². The second-order valence-electron chi connectivity index (χ2n) is 7.82. The lowest BCUT2D eigenvalue weighted by Crippen LogP contribution is -2.32. The summed E-state index contributed by atoms with van der Waals surface area (Å²) >= 11 is 3.39. The van der Waals surface area contributed by atoms with Crippen LogP contribution in [-0.4, -0.2) is 43.7 Å². The summed E-state index contributed by atoms with van der Waals surface area (Å²) in [4.78, 5) is 21.1. The van der Waals surface area contributed by atoms with E-state index in [1.54, 1.807) is 6.92 Å². The van der Waals surface area contributed by atoms with Gasteiger partial charge in [0, 0.05) is 35.0 Å². The first kappa shape index (κ1) is 21.6. The van der Waals surface area contributed by atoms with Gasteiger partial charge in [-0.15, -0.1) is 0 Å². The summed E-state index contributed by atoms with van der Waals surface area (Å²) in [6.45, 7) is 2.03. The molecule has 1 saturated carbocycles. The number of carbonyl (C=O) groups excluding carboxylic acids is 1. The van der Waals surface area contributed by atoms with Crippen LogP contribution in [0, 0.1) is 11.9 Å². The summed E-state index contributed by atoms with van der Waals surface area (Å²) in [6.07, 6.45) is 1.87. The van der Waals surface area contributed by atoms with E-state index in [2.05, 4.69) is 31.2 Å². The van der Waals surface area contributed by atoms with E-state index in [0.29, 0.717) is 6.42 Å². The second-order valence-corrected chi connectivity index (χ2v) is 8.74. The van der Waals surface area contributed by atoms with Crippen LogP contribution in [0.4, 0.5) is 14.6 Å². The Hall–Kier alpha value is -2.65. The third-order valence-corrected chi connectivity index (χ3v) is 6.04. The number of carbonyl (C=O) groups is 1. The Kier molecular flexibility index (Phi) is 6.15. The normalized spacial score (nSPS) is 23.1. The van der Waals surface area contributed by atoms with E-state index in [1.807, 2.05) is 24.3 Å². The van der Waals surface area contributed by atoms with E-state index >= 15 is 0 Å². The number of hydrogen-bond acceptors (Lipinski definition) is 5. The number of benzene rings is 1. The molecular formula is C22H21BrF2N4O2. The van der Waals surface area contributed by atoms with E-state index in [0.717, 1.165) is 16.1 Å². The molecule has 1 fully saturated rings. The molecule has 1 aromatic carbocycles. The number of nitrogens with one attached hydrogen (secondary N) is 1. The largest absolute Gasteiger partial charge is 0.390 e. The summed E-state index contributed by atoms with van der Waals surface area (Å²) in [6, 6.07) is 7.95. The fourth-order valence-electron chi connectivity index (χ4n) is 3.86. The Morgan fingerprint density at radius 1 is 1.39 bits per heavy atom. The third kappa shape index (κ3) is 4.52. The molecule has 162 valence electrons. The van der Waals surface area contributed by atoms with E-state index in [9.17, 15) is 18.7 Å². The SMILES string of the molecule is C[C@@H]1C[C@@H](Nc2ncncc2C(=O)c2cc(F)n(Cc3cccc(Br)c3)c2)[C@@H](F)[C@@H]1O. The molecule has 0 radical (unpaired) electrons. The lowest BCUT2D eigenvalue weighted by molar-refractivity contribution is 0.0725. The summed E-state index contributed by atoms with van der Waals surface area (Å²) < 4.78 is 31.1. The van der Waals surface area contributed by atoms with Gasteiger partial charge in [-0.05, 0) is 30.0 Å². The smallest absolute Gasteiger partial charge is 0.199 e. The summed E-state index contributed by atoms with van der Waals surface area (Å²) in [5.74, 6) is -1.08. The Labute approximate surface area is 186 Å². The van der Waals surface area contributed by atoms with Crippen LogP contribution < -0.4 is 5.32 Å². The van der Waals surface area contributed by atoms with Crippen molar-refractivity contribution in [3.8, 4) is 0 Å². The number of aliphatic hydroxyl groups excluding tert-OH is 1. The third-order valence-electron chi connectivity index (χ3n) is 5.55. The molecule has 2 aromatic heterocycles. The zero-order valence-electron chi connectivity index (χ0n) is 16.7. The Balaban J connectivity index is 1.57. The first-order valence-corrected chi connectivity index (χ1v) is 10.7. The van der Waals surface area contributed by atoms with Gasteiger partial charge in [0.15, 0.2) is 11.7 Å². The van der Waals surface area contributed by atoms with Crippen molar-refractivity contribution in [1.29, 1.82) is 0 Å². The first-order chi connectivity index (χ1) is 14.8. The van der Waals surface area contributed by atoms with Gasteiger partial charge in [-0.25, -0.2) is 14.4 Å². The molecule has 0 bridgehead atoms. The van der Waals surface area contributed by atoms with Crippen LogP contribution in [0.5, 0.6) is 0 Å². The number of rotatable bonds is 6. The Morgan fingerprint density at radius 3 is 2.90 bits per heavy atom. The Bertz CT molecular complexity index is 1110. The molecule has 0 unspecified atom stereocenters. The van der Waals surface area contributed by atoms with Gasteiger partial charge in [-0.2, -0.15) is 4.39 Å². The van der Waals surface area contributed by atoms with E-state index in [-0.39, 0.29) is 29.4 Å². The fourth-order valence-corrected chi connectivity index (χ4v) is 4.30. The van der Waals surface area contributed by atoms with Crippen LogP contribution in [0.15, 0.2) is 53.5 Å². The molecule has 0 amide bonds. The maximum atomic E-state index is 14.5. The zero-order chi connectivity index (χ0) is 22.1. The predicted molar refractivity (Wildman–Crippen MR) is 115 cm³/mol. The van der Waals surface area contributed by atoms with Crippen LogP contribution in [-0.2, 0) is 6.54 Å². The minimum atomic E-state index is -1.48. The molecule has 2 N–H and O–H groups in total. The molecule has 4 atom stereocenters. The van der Waals surface area contributed by atoms with Crippen molar-refractivity contribution in [3.05, 3.63) is 76.2 Å². The van der Waals surface area contributed by atoms with Crippen LogP contribution in [0.1, 0.15) is 34.8 Å². The van der Waals surface area contributed by atoms with Crippen LogP contribution in [0.3, 0.4) is 0 Å². The molecule has 1 aliphatic rings. The van der Waals surface area contributed by atoms with Crippen molar-refractivity contribution in [1.82, 2.24) is 14.5 Å². The van der Waals surface area contributed by atoms with Gasteiger partial charge in [0.05, 0.1) is 17.7 Å². The van der Waals surface area contributed by atoms with Crippen LogP contribution in [0.2, 0.25) is 0 Å². The molecule has 6 nitrogen and oxygen atoms in total. The van der Waals surface area contributed by atoms with E-state index in [1.165, 1.54) is 23.3 Å². The molecule has 0 saturated heterocycles. The van der Waals surface area contributed by atoms with Crippen molar-refractivity contribution in [2.24, 2.45) is 5.92 Å². The lowest BCUT2D eigenvalue weighted by atomic mass is 10.1. The summed E-state index contributed by atoms with van der Waals surface area (Å²) in [5, 5.41) is 12.8. The molecule has 4 rings (SSSR count). The molecule has 3 aromatic rings. The molecule has 9 heteroatoms. The molecular weight excluding hydrogens is 470 g/mol. The number of aliphatic hydroxyl groups is 1. The van der Waals surface area contributed by atoms with Crippen molar-refractivity contribution < 1.29 is 18.7 Å². The number of ketones is 1. The van der Waals surface area contributed by atoms with Crippen LogP contribution in [0.25, 0.3) is 0 Å². The standard InChI is InChI=1S/C22H21BrF2N4O2/c1-12-5-17(19(25)20(12)30)28-22-16(8-26-11-27-22)21(31)14-7-18(24)29(10-14)9-13-3-2-4-15(23)6-13/h2-4,6-8,10-12,17,19-20,30H,5,9H2,1H3,(H,26,27,28)/t12-,17-,19-,20-/m1/s1. The van der Waals surface area contributed by atoms with Crippen molar-refractivity contribution in [3.63, 3.8) is 0 Å². The second kappa shape index (κ2) is 8.84. The minimum absolute atomic E-state index is 0.114. The number of alkyl halides is 1. The Morgan fingerprint density at radius 2 is 2.19 bits per heavy atom. The van der Waals surface area contributed by atoms with Gasteiger partial charge in [0.2, 0.25) is 0 Å². The van der Waals surface area contributed by atoms with Crippen LogP contribution >= 0.6 is 15.9 Å². The monoisotopic (exact) mass is 490 g/mol. The van der Waals surface area contributed by atoms with Crippen molar-refractivity contribution >= 4 is 27.5 Å². The van der Waals surface area contributed by atoms with Crippen molar-refractivity contribution in [2.45, 2.75) is 38.2 Å². The zero-order valence-corrected chi connectivity index (χ0v) is 18.3. The maximum absolute atomic E-state index is 14.5. The number of halogens is 3. The fraction of sp³-hybridized carbons (Fsp3) is 0.318. The molecule has 31 heavy (non-hydrogen) atoms.